The third-order valence-corrected chi connectivity index (χ3v) is 5.21. The number of nitrogens with zero attached hydrogens (tertiary/aromatic N) is 1. The maximum absolute atomic E-state index is 13.0. The van der Waals surface area contributed by atoms with Crippen LogP contribution in [-0.2, 0) is 24.6 Å². The van der Waals surface area contributed by atoms with E-state index in [4.69, 9.17) is 13.7 Å². The lowest BCUT2D eigenvalue weighted by atomic mass is 9.91. The normalized spacial score (nSPS) is 18.6. The molecule has 1 fully saturated rings. The number of esters is 1. The molecule has 1 aromatic carbocycles. The number of alkyl halides is 3. The van der Waals surface area contributed by atoms with Crippen molar-refractivity contribution in [3.8, 4) is 0 Å². The maximum atomic E-state index is 13.0. The van der Waals surface area contributed by atoms with E-state index in [0.717, 1.165) is 24.4 Å². The molecule has 1 aliphatic heterocycles. The van der Waals surface area contributed by atoms with Crippen molar-refractivity contribution in [3.05, 3.63) is 35.4 Å². The first-order chi connectivity index (χ1) is 14.1. The lowest BCUT2D eigenvalue weighted by Crippen LogP contribution is -2.42. The standard InChI is InChI=1S/C21H28F3NO5S/c1-19(2,3)17(26)28-11-15(13-7-9-14(10-8-13)21(22,23)24)16-12-29-31-25(16)18(27)30-20(4,5)6/h7-10,15-16H,11-12H2,1-6H3/t15-,16+/m1/s1. The van der Waals surface area contributed by atoms with Crippen LogP contribution in [0.4, 0.5) is 18.0 Å². The van der Waals surface area contributed by atoms with Crippen LogP contribution in [0.5, 0.6) is 0 Å². The van der Waals surface area contributed by atoms with Crippen LogP contribution in [0.25, 0.3) is 0 Å². The van der Waals surface area contributed by atoms with Crippen molar-refractivity contribution < 1.29 is 36.4 Å². The van der Waals surface area contributed by atoms with E-state index in [2.05, 4.69) is 0 Å². The largest absolute Gasteiger partial charge is 0.465 e. The molecule has 0 spiro atoms. The third kappa shape index (κ3) is 7.03. The summed E-state index contributed by atoms with van der Waals surface area (Å²) >= 11 is 0.808. The average Bonchev–Trinajstić information content (AvgIpc) is 3.09. The summed E-state index contributed by atoms with van der Waals surface area (Å²) in [7, 11) is 0. The number of carbonyl (C=O) groups excluding carboxylic acids is 2. The molecular formula is C21H28F3NO5S. The number of carbonyl (C=O) groups is 2. The summed E-state index contributed by atoms with van der Waals surface area (Å²) in [6, 6.07) is 3.98. The molecule has 0 aliphatic carbocycles. The quantitative estimate of drug-likeness (QED) is 0.330. The molecular weight excluding hydrogens is 435 g/mol. The average molecular weight is 464 g/mol. The summed E-state index contributed by atoms with van der Waals surface area (Å²) in [4.78, 5) is 24.9. The highest BCUT2D eigenvalue weighted by Gasteiger charge is 2.41. The molecule has 1 aromatic rings. The first-order valence-corrected chi connectivity index (χ1v) is 10.5. The highest BCUT2D eigenvalue weighted by molar-refractivity contribution is 7.93. The van der Waals surface area contributed by atoms with Gasteiger partial charge < -0.3 is 9.47 Å². The minimum atomic E-state index is -4.47. The number of halogens is 3. The summed E-state index contributed by atoms with van der Waals surface area (Å²) < 4.78 is 56.4. The molecule has 1 saturated heterocycles. The van der Waals surface area contributed by atoms with Crippen LogP contribution in [0.2, 0.25) is 0 Å². The Morgan fingerprint density at radius 2 is 1.71 bits per heavy atom. The van der Waals surface area contributed by atoms with Crippen LogP contribution in [0.1, 0.15) is 58.6 Å². The van der Waals surface area contributed by atoms with Gasteiger partial charge in [0.05, 0.1) is 23.6 Å². The maximum Gasteiger partial charge on any atom is 0.422 e. The number of hydrogen-bond acceptors (Lipinski definition) is 6. The van der Waals surface area contributed by atoms with E-state index in [1.807, 2.05) is 0 Å². The lowest BCUT2D eigenvalue weighted by molar-refractivity contribution is -0.153. The van der Waals surface area contributed by atoms with Gasteiger partial charge in [-0.05, 0) is 59.2 Å². The Hall–Kier alpha value is -1.94. The topological polar surface area (TPSA) is 65.1 Å². The Balaban J connectivity index is 2.32. The molecule has 0 unspecified atom stereocenters. The second kappa shape index (κ2) is 9.28. The molecule has 6 nitrogen and oxygen atoms in total. The SMILES string of the molecule is CC(C)(C)OC(=O)N1SOC[C@H]1[C@H](COC(=O)C(C)(C)C)c1ccc(C(F)(F)F)cc1. The van der Waals surface area contributed by atoms with Crippen molar-refractivity contribution in [2.75, 3.05) is 13.2 Å². The van der Waals surface area contributed by atoms with Gasteiger partial charge in [0, 0.05) is 5.92 Å². The van der Waals surface area contributed by atoms with E-state index in [1.165, 1.54) is 16.4 Å². The summed E-state index contributed by atoms with van der Waals surface area (Å²) in [6.07, 6.45) is -5.11. The van der Waals surface area contributed by atoms with E-state index in [-0.39, 0.29) is 13.2 Å². The zero-order chi connectivity index (χ0) is 23.6. The second-order valence-electron chi connectivity index (χ2n) is 9.31. The van der Waals surface area contributed by atoms with Gasteiger partial charge in [-0.25, -0.2) is 9.10 Å². The fraction of sp³-hybridized carbons (Fsp3) is 0.619. The Morgan fingerprint density at radius 3 is 2.19 bits per heavy atom. The van der Waals surface area contributed by atoms with Gasteiger partial charge in [0.2, 0.25) is 0 Å². The predicted octanol–water partition coefficient (Wildman–Crippen LogP) is 5.58. The summed E-state index contributed by atoms with van der Waals surface area (Å²) in [5.74, 6) is -1.07. The Labute approximate surface area is 184 Å². The van der Waals surface area contributed by atoms with E-state index in [1.54, 1.807) is 41.5 Å². The van der Waals surface area contributed by atoms with Crippen LogP contribution in [0, 0.1) is 5.41 Å². The van der Waals surface area contributed by atoms with E-state index < -0.39 is 46.8 Å². The van der Waals surface area contributed by atoms with Crippen molar-refractivity contribution in [1.82, 2.24) is 4.31 Å². The number of ether oxygens (including phenoxy) is 2. The molecule has 10 heteroatoms. The Bertz CT molecular complexity index is 784. The Morgan fingerprint density at radius 1 is 1.13 bits per heavy atom. The minimum Gasteiger partial charge on any atom is -0.465 e. The number of benzene rings is 1. The van der Waals surface area contributed by atoms with E-state index in [9.17, 15) is 22.8 Å². The van der Waals surface area contributed by atoms with Crippen LogP contribution >= 0.6 is 12.2 Å². The van der Waals surface area contributed by atoms with Crippen LogP contribution in [-0.4, -0.2) is 41.2 Å². The van der Waals surface area contributed by atoms with Gasteiger partial charge in [0.15, 0.2) is 0 Å². The van der Waals surface area contributed by atoms with Gasteiger partial charge in [-0.15, -0.1) is 0 Å². The van der Waals surface area contributed by atoms with Gasteiger partial charge >= 0.3 is 18.2 Å². The fourth-order valence-corrected chi connectivity index (χ4v) is 3.49. The second-order valence-corrected chi connectivity index (χ2v) is 10.1. The van der Waals surface area contributed by atoms with Crippen molar-refractivity contribution in [3.63, 3.8) is 0 Å². The molecule has 1 amide bonds. The molecule has 0 aromatic heterocycles. The summed E-state index contributed by atoms with van der Waals surface area (Å²) in [5, 5.41) is 0. The zero-order valence-corrected chi connectivity index (χ0v) is 19.2. The number of hydrogen-bond donors (Lipinski definition) is 0. The van der Waals surface area contributed by atoms with Gasteiger partial charge in [-0.3, -0.25) is 8.98 Å². The molecule has 0 bridgehead atoms. The van der Waals surface area contributed by atoms with Gasteiger partial charge in [-0.2, -0.15) is 13.2 Å². The molecule has 31 heavy (non-hydrogen) atoms. The lowest BCUT2D eigenvalue weighted by Gasteiger charge is -2.31. The molecule has 174 valence electrons. The third-order valence-electron chi connectivity index (χ3n) is 4.38. The molecule has 1 heterocycles. The van der Waals surface area contributed by atoms with Crippen LogP contribution in [0.3, 0.4) is 0 Å². The van der Waals surface area contributed by atoms with Crippen LogP contribution < -0.4 is 0 Å². The van der Waals surface area contributed by atoms with Crippen molar-refractivity contribution >= 4 is 24.3 Å². The summed E-state index contributed by atoms with van der Waals surface area (Å²) in [6.45, 7) is 10.2. The zero-order valence-electron chi connectivity index (χ0n) is 18.4. The highest BCUT2D eigenvalue weighted by Crippen LogP contribution is 2.37. The molecule has 0 radical (unpaired) electrons. The van der Waals surface area contributed by atoms with E-state index in [0.29, 0.717) is 5.56 Å². The van der Waals surface area contributed by atoms with Crippen molar-refractivity contribution in [2.24, 2.45) is 5.41 Å². The smallest absolute Gasteiger partial charge is 0.422 e. The van der Waals surface area contributed by atoms with E-state index >= 15 is 0 Å². The molecule has 2 atom stereocenters. The van der Waals surface area contributed by atoms with Crippen molar-refractivity contribution in [1.29, 1.82) is 0 Å². The van der Waals surface area contributed by atoms with Gasteiger partial charge in [0.25, 0.3) is 0 Å². The van der Waals surface area contributed by atoms with Crippen LogP contribution in [0.15, 0.2) is 24.3 Å². The molecule has 2 rings (SSSR count). The predicted molar refractivity (Wildman–Crippen MR) is 110 cm³/mol. The fourth-order valence-electron chi connectivity index (χ4n) is 2.76. The van der Waals surface area contributed by atoms with Gasteiger partial charge in [0.1, 0.15) is 24.4 Å². The molecule has 0 N–H and O–H groups in total. The van der Waals surface area contributed by atoms with Gasteiger partial charge in [-0.1, -0.05) is 12.1 Å². The molecule has 1 aliphatic rings. The first-order valence-electron chi connectivity index (χ1n) is 9.76. The number of amides is 1. The monoisotopic (exact) mass is 463 g/mol. The number of rotatable bonds is 4. The minimum absolute atomic E-state index is 0.0999. The highest BCUT2D eigenvalue weighted by atomic mass is 32.2. The van der Waals surface area contributed by atoms with Crippen molar-refractivity contribution in [2.45, 2.75) is 65.3 Å². The first kappa shape index (κ1) is 25.3. The summed E-state index contributed by atoms with van der Waals surface area (Å²) in [5.41, 5.74) is -1.80. The Kier molecular flexibility index (Phi) is 7.58. The molecule has 0 saturated carbocycles.